The lowest BCUT2D eigenvalue weighted by Gasteiger charge is -2.21. The summed E-state index contributed by atoms with van der Waals surface area (Å²) >= 11 is 3.26. The van der Waals surface area contributed by atoms with E-state index in [1.165, 1.54) is 6.07 Å². The lowest BCUT2D eigenvalue weighted by Crippen LogP contribution is -2.36. The molecule has 0 radical (unpaired) electrons. The summed E-state index contributed by atoms with van der Waals surface area (Å²) in [6.45, 7) is 5.34. The average molecular weight is 343 g/mol. The van der Waals surface area contributed by atoms with Gasteiger partial charge in [-0.25, -0.2) is 4.39 Å². The minimum Gasteiger partial charge on any atom is -0.341 e. The highest BCUT2D eigenvalue weighted by Gasteiger charge is 2.26. The van der Waals surface area contributed by atoms with Crippen molar-refractivity contribution in [3.05, 3.63) is 34.1 Å². The third-order valence-electron chi connectivity index (χ3n) is 3.76. The maximum atomic E-state index is 13.9. The number of halogens is 2. The molecule has 20 heavy (non-hydrogen) atoms. The molecule has 1 heterocycles. The molecule has 0 aliphatic carbocycles. The molecule has 110 valence electrons. The zero-order valence-corrected chi connectivity index (χ0v) is 13.4. The molecular formula is C15H20BrFN2O. The van der Waals surface area contributed by atoms with Gasteiger partial charge in [-0.15, -0.1) is 0 Å². The number of benzene rings is 1. The molecule has 0 aromatic heterocycles. The summed E-state index contributed by atoms with van der Waals surface area (Å²) in [6, 6.07) is 5.29. The second kappa shape index (κ2) is 6.68. The van der Waals surface area contributed by atoms with Gasteiger partial charge in [-0.3, -0.25) is 4.79 Å². The Hall–Kier alpha value is -0.940. The summed E-state index contributed by atoms with van der Waals surface area (Å²) in [7, 11) is 0. The Morgan fingerprint density at radius 3 is 3.00 bits per heavy atom. The van der Waals surface area contributed by atoms with Crippen molar-refractivity contribution in [2.45, 2.75) is 38.8 Å². The Kier molecular flexibility index (Phi) is 5.16. The van der Waals surface area contributed by atoms with Gasteiger partial charge in [0, 0.05) is 41.6 Å². The molecule has 5 heteroatoms. The van der Waals surface area contributed by atoms with Gasteiger partial charge in [-0.2, -0.15) is 0 Å². The van der Waals surface area contributed by atoms with E-state index in [4.69, 9.17) is 0 Å². The van der Waals surface area contributed by atoms with Gasteiger partial charge in [0.1, 0.15) is 5.82 Å². The smallest absolute Gasteiger partial charge is 0.222 e. The molecule has 1 aromatic rings. The van der Waals surface area contributed by atoms with Gasteiger partial charge >= 0.3 is 0 Å². The SMILES string of the molecule is CCC(=O)N1CC[C@H](N[C@H](C)c2ccc(Br)cc2F)C1. The van der Waals surface area contributed by atoms with E-state index in [1.54, 1.807) is 6.07 Å². The zero-order chi connectivity index (χ0) is 14.7. The van der Waals surface area contributed by atoms with E-state index in [0.29, 0.717) is 12.0 Å². The molecule has 2 rings (SSSR count). The van der Waals surface area contributed by atoms with Gasteiger partial charge in [0.05, 0.1) is 0 Å². The summed E-state index contributed by atoms with van der Waals surface area (Å²) < 4.78 is 14.6. The third kappa shape index (κ3) is 3.58. The van der Waals surface area contributed by atoms with Crippen molar-refractivity contribution >= 4 is 21.8 Å². The molecule has 1 aliphatic heterocycles. The molecular weight excluding hydrogens is 323 g/mol. The fraction of sp³-hybridized carbons (Fsp3) is 0.533. The predicted octanol–water partition coefficient (Wildman–Crippen LogP) is 3.25. The van der Waals surface area contributed by atoms with Crippen LogP contribution in [0.25, 0.3) is 0 Å². The van der Waals surface area contributed by atoms with Gasteiger partial charge in [0.2, 0.25) is 5.91 Å². The molecule has 1 saturated heterocycles. The summed E-state index contributed by atoms with van der Waals surface area (Å²) in [5.41, 5.74) is 0.661. The molecule has 3 nitrogen and oxygen atoms in total. The first-order chi connectivity index (χ1) is 9.51. The minimum atomic E-state index is -0.209. The normalized spacial score (nSPS) is 20.2. The highest BCUT2D eigenvalue weighted by molar-refractivity contribution is 9.10. The largest absolute Gasteiger partial charge is 0.341 e. The molecule has 0 saturated carbocycles. The molecule has 1 aromatic carbocycles. The van der Waals surface area contributed by atoms with Crippen molar-refractivity contribution in [2.24, 2.45) is 0 Å². The van der Waals surface area contributed by atoms with E-state index in [0.717, 1.165) is 24.0 Å². The van der Waals surface area contributed by atoms with Crippen molar-refractivity contribution in [2.75, 3.05) is 13.1 Å². The number of carbonyl (C=O) groups is 1. The van der Waals surface area contributed by atoms with Crippen LogP contribution in [0.15, 0.2) is 22.7 Å². The third-order valence-corrected chi connectivity index (χ3v) is 4.25. The van der Waals surface area contributed by atoms with Crippen molar-refractivity contribution in [3.63, 3.8) is 0 Å². The first kappa shape index (κ1) is 15.4. The standard InChI is InChI=1S/C15H20BrFN2O/c1-3-15(20)19-7-6-12(9-19)18-10(2)13-5-4-11(16)8-14(13)17/h4-5,8,10,12,18H,3,6-7,9H2,1-2H3/t10-,12+/m1/s1. The van der Waals surface area contributed by atoms with E-state index in [2.05, 4.69) is 21.2 Å². The lowest BCUT2D eigenvalue weighted by atomic mass is 10.1. The fourth-order valence-corrected chi connectivity index (χ4v) is 2.98. The Labute approximate surface area is 127 Å². The number of amides is 1. The maximum absolute atomic E-state index is 13.9. The van der Waals surface area contributed by atoms with Crippen LogP contribution in [0.3, 0.4) is 0 Å². The van der Waals surface area contributed by atoms with Crippen LogP contribution in [0.5, 0.6) is 0 Å². The van der Waals surface area contributed by atoms with Gasteiger partial charge < -0.3 is 10.2 Å². The highest BCUT2D eigenvalue weighted by atomic mass is 79.9. The maximum Gasteiger partial charge on any atom is 0.222 e. The van der Waals surface area contributed by atoms with Crippen LogP contribution >= 0.6 is 15.9 Å². The zero-order valence-electron chi connectivity index (χ0n) is 11.8. The van der Waals surface area contributed by atoms with Crippen molar-refractivity contribution in [1.82, 2.24) is 10.2 Å². The van der Waals surface area contributed by atoms with Gasteiger partial charge in [0.15, 0.2) is 0 Å². The Morgan fingerprint density at radius 1 is 1.60 bits per heavy atom. The van der Waals surface area contributed by atoms with Gasteiger partial charge in [-0.05, 0) is 25.5 Å². The Bertz CT molecular complexity index is 495. The Morgan fingerprint density at radius 2 is 2.35 bits per heavy atom. The van der Waals surface area contributed by atoms with Crippen LogP contribution in [0.2, 0.25) is 0 Å². The second-order valence-electron chi connectivity index (χ2n) is 5.23. The lowest BCUT2D eigenvalue weighted by molar-refractivity contribution is -0.129. The second-order valence-corrected chi connectivity index (χ2v) is 6.15. The van der Waals surface area contributed by atoms with Crippen LogP contribution in [0.4, 0.5) is 4.39 Å². The summed E-state index contributed by atoms with van der Waals surface area (Å²) in [5, 5.41) is 3.42. The number of hydrogen-bond donors (Lipinski definition) is 1. The first-order valence-electron chi connectivity index (χ1n) is 7.00. The molecule has 1 fully saturated rings. The summed E-state index contributed by atoms with van der Waals surface area (Å²) in [4.78, 5) is 13.5. The molecule has 1 N–H and O–H groups in total. The molecule has 0 spiro atoms. The predicted molar refractivity (Wildman–Crippen MR) is 80.9 cm³/mol. The first-order valence-corrected chi connectivity index (χ1v) is 7.79. The number of carbonyl (C=O) groups excluding carboxylic acids is 1. The van der Waals surface area contributed by atoms with E-state index in [9.17, 15) is 9.18 Å². The van der Waals surface area contributed by atoms with E-state index in [1.807, 2.05) is 24.8 Å². The van der Waals surface area contributed by atoms with Crippen LogP contribution in [0.1, 0.15) is 38.3 Å². The number of likely N-dealkylation sites (tertiary alicyclic amines) is 1. The monoisotopic (exact) mass is 342 g/mol. The fourth-order valence-electron chi connectivity index (χ4n) is 2.64. The average Bonchev–Trinajstić information content (AvgIpc) is 2.86. The van der Waals surface area contributed by atoms with Gasteiger partial charge in [0.25, 0.3) is 0 Å². The Balaban J connectivity index is 1.95. The quantitative estimate of drug-likeness (QED) is 0.910. The molecule has 1 aliphatic rings. The summed E-state index contributed by atoms with van der Waals surface area (Å²) in [6.07, 6.45) is 1.47. The number of nitrogens with zero attached hydrogens (tertiary/aromatic N) is 1. The topological polar surface area (TPSA) is 32.3 Å². The highest BCUT2D eigenvalue weighted by Crippen LogP contribution is 2.22. The molecule has 2 atom stereocenters. The van der Waals surface area contributed by atoms with E-state index >= 15 is 0 Å². The van der Waals surface area contributed by atoms with Crippen LogP contribution in [-0.4, -0.2) is 29.9 Å². The molecule has 0 unspecified atom stereocenters. The molecule has 1 amide bonds. The van der Waals surface area contributed by atoms with E-state index in [-0.39, 0.29) is 23.8 Å². The van der Waals surface area contributed by atoms with Crippen molar-refractivity contribution < 1.29 is 9.18 Å². The summed E-state index contributed by atoms with van der Waals surface area (Å²) in [5.74, 6) is -0.0179. The van der Waals surface area contributed by atoms with Gasteiger partial charge in [-0.1, -0.05) is 28.9 Å². The number of hydrogen-bond acceptors (Lipinski definition) is 2. The minimum absolute atomic E-state index is 0.0650. The van der Waals surface area contributed by atoms with Crippen molar-refractivity contribution in [3.8, 4) is 0 Å². The van der Waals surface area contributed by atoms with Crippen LogP contribution in [-0.2, 0) is 4.79 Å². The number of nitrogens with one attached hydrogen (secondary N) is 1. The van der Waals surface area contributed by atoms with E-state index < -0.39 is 0 Å². The van der Waals surface area contributed by atoms with Crippen LogP contribution < -0.4 is 5.32 Å². The molecule has 0 bridgehead atoms. The van der Waals surface area contributed by atoms with Crippen LogP contribution in [0, 0.1) is 5.82 Å². The number of rotatable bonds is 4. The van der Waals surface area contributed by atoms with Crippen molar-refractivity contribution in [1.29, 1.82) is 0 Å².